The van der Waals surface area contributed by atoms with Crippen molar-refractivity contribution in [2.75, 3.05) is 84.2 Å². The van der Waals surface area contributed by atoms with E-state index in [1.807, 2.05) is 6.20 Å². The van der Waals surface area contributed by atoms with E-state index >= 15 is 0 Å². The molecule has 3 heterocycles. The van der Waals surface area contributed by atoms with Gasteiger partial charge in [0.05, 0.1) is 39.1 Å². The fraction of sp³-hybridized carbons (Fsp3) is 0.618. The van der Waals surface area contributed by atoms with Gasteiger partial charge in [0.25, 0.3) is 0 Å². The van der Waals surface area contributed by atoms with Crippen LogP contribution in [0.3, 0.4) is 0 Å². The van der Waals surface area contributed by atoms with Crippen LogP contribution in [0.4, 0.5) is 5.95 Å². The summed E-state index contributed by atoms with van der Waals surface area (Å²) in [7, 11) is 0. The lowest BCUT2D eigenvalue weighted by Gasteiger charge is -2.34. The largest absolute Gasteiger partial charge is 0.480 e. The number of carbonyl (C=O) groups is 1. The monoisotopic (exact) mass is 638 g/mol. The molecule has 2 aromatic heterocycles. The molecule has 2 fully saturated rings. The second-order valence-electron chi connectivity index (χ2n) is 12.3. The Balaban J connectivity index is 1.08. The molecule has 3 N–H and O–H groups in total. The fourth-order valence-corrected chi connectivity index (χ4v) is 6.21. The highest BCUT2D eigenvalue weighted by atomic mass is 16.5. The Bertz CT molecular complexity index is 1350. The summed E-state index contributed by atoms with van der Waals surface area (Å²) < 4.78 is 18.4. The van der Waals surface area contributed by atoms with Crippen LogP contribution in [-0.4, -0.2) is 126 Å². The maximum Gasteiger partial charge on any atom is 0.329 e. The molecule has 1 saturated carbocycles. The van der Waals surface area contributed by atoms with Gasteiger partial charge in [-0.15, -0.1) is 0 Å². The molecule has 0 bridgehead atoms. The van der Waals surface area contributed by atoms with E-state index in [1.54, 1.807) is 0 Å². The summed E-state index contributed by atoms with van der Waals surface area (Å²) in [5.74, 6) is -0.305. The zero-order valence-electron chi connectivity index (χ0n) is 27.1. The van der Waals surface area contributed by atoms with Gasteiger partial charge in [-0.3, -0.25) is 9.80 Å². The molecule has 1 aliphatic carbocycles. The van der Waals surface area contributed by atoms with Gasteiger partial charge in [0.15, 0.2) is 0 Å². The van der Waals surface area contributed by atoms with Crippen LogP contribution < -0.4 is 5.32 Å². The van der Waals surface area contributed by atoms with Crippen LogP contribution in [0.15, 0.2) is 36.7 Å². The van der Waals surface area contributed by atoms with E-state index in [9.17, 15) is 9.90 Å². The molecule has 252 valence electrons. The number of carboxylic acids is 1. The van der Waals surface area contributed by atoms with Gasteiger partial charge in [0.2, 0.25) is 5.95 Å². The Labute approximate surface area is 271 Å². The van der Waals surface area contributed by atoms with E-state index in [0.29, 0.717) is 38.4 Å². The summed E-state index contributed by atoms with van der Waals surface area (Å²) >= 11 is 0. The lowest BCUT2D eigenvalue weighted by molar-refractivity contribution is -0.142. The molecule has 0 spiro atoms. The first-order valence-corrected chi connectivity index (χ1v) is 16.8. The number of hydrogen-bond donors (Lipinski definition) is 3. The number of nitrogens with zero attached hydrogens (tertiary/aromatic N) is 5. The van der Waals surface area contributed by atoms with Crippen LogP contribution in [0, 0.1) is 0 Å². The van der Waals surface area contributed by atoms with Crippen LogP contribution in [0.5, 0.6) is 0 Å². The normalized spacial score (nSPS) is 19.5. The van der Waals surface area contributed by atoms with Crippen molar-refractivity contribution in [2.45, 2.75) is 57.7 Å². The minimum atomic E-state index is -0.974. The van der Waals surface area contributed by atoms with Crippen molar-refractivity contribution < 1.29 is 29.2 Å². The molecule has 0 amide bonds. The Morgan fingerprint density at radius 3 is 2.30 bits per heavy atom. The van der Waals surface area contributed by atoms with E-state index < -0.39 is 5.97 Å². The van der Waals surface area contributed by atoms with Gasteiger partial charge in [-0.25, -0.2) is 9.78 Å². The van der Waals surface area contributed by atoms with Gasteiger partial charge in [-0.1, -0.05) is 31.2 Å². The number of fused-ring (bicyclic) bond motifs is 1. The Morgan fingerprint density at radius 1 is 0.935 bits per heavy atom. The topological polar surface area (TPSA) is 134 Å². The third-order valence-electron chi connectivity index (χ3n) is 8.82. The molecule has 0 atom stereocenters. The van der Waals surface area contributed by atoms with Crippen LogP contribution >= 0.6 is 0 Å². The highest BCUT2D eigenvalue weighted by Crippen LogP contribution is 2.36. The van der Waals surface area contributed by atoms with Gasteiger partial charge in [0.1, 0.15) is 12.3 Å². The molecule has 0 radical (unpaired) electrons. The van der Waals surface area contributed by atoms with Gasteiger partial charge >= 0.3 is 5.97 Å². The van der Waals surface area contributed by atoms with Gasteiger partial charge in [-0.05, 0) is 43.2 Å². The standard InChI is InChI=1S/C34H50N6O6/c1-2-11-35-34-36-22-30-31(24-40(33(30)37-34)28-7-9-29(41)10-8-28)27-5-3-26(4-6-27)23-39-14-12-38(13-15-39)16-17-44-18-19-45-20-21-46-25-32(42)43/h3-6,22,24,28-29,41H,2,7-21,23,25H2,1H3,(H,42,43)(H,35,36,37). The molecule has 46 heavy (non-hydrogen) atoms. The second-order valence-corrected chi connectivity index (χ2v) is 12.3. The molecule has 0 unspecified atom stereocenters. The lowest BCUT2D eigenvalue weighted by atomic mass is 9.93. The molecular formula is C34H50N6O6. The Kier molecular flexibility index (Phi) is 13.2. The molecule has 1 saturated heterocycles. The average Bonchev–Trinajstić information content (AvgIpc) is 3.45. The smallest absolute Gasteiger partial charge is 0.329 e. The van der Waals surface area contributed by atoms with E-state index in [4.69, 9.17) is 24.3 Å². The van der Waals surface area contributed by atoms with Crippen molar-refractivity contribution in [2.24, 2.45) is 0 Å². The van der Waals surface area contributed by atoms with E-state index in [0.717, 1.165) is 94.5 Å². The number of aliphatic carboxylic acids is 1. The van der Waals surface area contributed by atoms with E-state index in [1.165, 1.54) is 11.1 Å². The SMILES string of the molecule is CCCNc1ncc2c(-c3ccc(CN4CCN(CCOCCOCCOCC(=O)O)CC4)cc3)cn(C3CCC(O)CC3)c2n1. The molecule has 12 heteroatoms. The van der Waals surface area contributed by atoms with Crippen LogP contribution in [0.25, 0.3) is 22.2 Å². The highest BCUT2D eigenvalue weighted by molar-refractivity contribution is 5.94. The first-order chi connectivity index (χ1) is 22.5. The molecule has 12 nitrogen and oxygen atoms in total. The predicted molar refractivity (Wildman–Crippen MR) is 177 cm³/mol. The summed E-state index contributed by atoms with van der Waals surface area (Å²) in [5.41, 5.74) is 4.59. The zero-order chi connectivity index (χ0) is 32.1. The van der Waals surface area contributed by atoms with Gasteiger partial charge in [0, 0.05) is 75.2 Å². The van der Waals surface area contributed by atoms with Crippen LogP contribution in [-0.2, 0) is 25.5 Å². The summed E-state index contributed by atoms with van der Waals surface area (Å²) in [6, 6.07) is 9.27. The van der Waals surface area contributed by atoms with Crippen LogP contribution in [0.1, 0.15) is 50.6 Å². The summed E-state index contributed by atoms with van der Waals surface area (Å²) in [4.78, 5) is 24.9. The third-order valence-corrected chi connectivity index (χ3v) is 8.82. The molecule has 3 aromatic rings. The minimum absolute atomic E-state index is 0.193. The number of aliphatic hydroxyl groups excluding tert-OH is 1. The lowest BCUT2D eigenvalue weighted by Crippen LogP contribution is -2.46. The second kappa shape index (κ2) is 17.7. The number of nitrogens with one attached hydrogen (secondary N) is 1. The molecule has 2 aliphatic rings. The number of benzene rings is 1. The quantitative estimate of drug-likeness (QED) is 0.176. The Morgan fingerprint density at radius 2 is 1.61 bits per heavy atom. The summed E-state index contributed by atoms with van der Waals surface area (Å²) in [5, 5.41) is 23.0. The Hall–Kier alpha value is -3.13. The number of piperazine rings is 1. The van der Waals surface area contributed by atoms with Crippen molar-refractivity contribution >= 4 is 23.0 Å². The predicted octanol–water partition coefficient (Wildman–Crippen LogP) is 3.65. The number of aliphatic hydroxyl groups is 1. The molecule has 5 rings (SSSR count). The fourth-order valence-electron chi connectivity index (χ4n) is 6.21. The maximum atomic E-state index is 10.4. The van der Waals surface area contributed by atoms with Crippen molar-refractivity contribution in [1.82, 2.24) is 24.3 Å². The zero-order valence-corrected chi connectivity index (χ0v) is 27.1. The molecular weight excluding hydrogens is 588 g/mol. The number of aromatic nitrogens is 3. The molecule has 1 aromatic carbocycles. The van der Waals surface area contributed by atoms with Gasteiger partial charge < -0.3 is 34.3 Å². The molecule has 1 aliphatic heterocycles. The first kappa shape index (κ1) is 34.2. The highest BCUT2D eigenvalue weighted by Gasteiger charge is 2.24. The number of carboxylic acid groups (broad SMARTS) is 1. The van der Waals surface area contributed by atoms with Crippen molar-refractivity contribution in [3.05, 3.63) is 42.2 Å². The number of ether oxygens (including phenoxy) is 3. The maximum absolute atomic E-state index is 10.4. The van der Waals surface area contributed by atoms with Crippen molar-refractivity contribution in [1.29, 1.82) is 0 Å². The number of rotatable bonds is 18. The summed E-state index contributed by atoms with van der Waals surface area (Å²) in [6.07, 6.45) is 8.59. The summed E-state index contributed by atoms with van der Waals surface area (Å²) in [6.45, 7) is 10.9. The average molecular weight is 639 g/mol. The van der Waals surface area contributed by atoms with Crippen LogP contribution in [0.2, 0.25) is 0 Å². The van der Waals surface area contributed by atoms with Crippen molar-refractivity contribution in [3.63, 3.8) is 0 Å². The van der Waals surface area contributed by atoms with E-state index in [2.05, 4.69) is 62.1 Å². The van der Waals surface area contributed by atoms with Gasteiger partial charge in [-0.2, -0.15) is 4.98 Å². The first-order valence-electron chi connectivity index (χ1n) is 16.8. The minimum Gasteiger partial charge on any atom is -0.480 e. The van der Waals surface area contributed by atoms with E-state index in [-0.39, 0.29) is 19.3 Å². The number of hydrogen-bond acceptors (Lipinski definition) is 10. The third kappa shape index (κ3) is 9.93. The number of anilines is 1. The van der Waals surface area contributed by atoms with Crippen molar-refractivity contribution in [3.8, 4) is 11.1 Å².